The number of aromatic nitrogens is 1. The van der Waals surface area contributed by atoms with E-state index in [1.54, 1.807) is 18.4 Å². The number of benzene rings is 1. The van der Waals surface area contributed by atoms with Gasteiger partial charge in [0, 0.05) is 18.5 Å². The second-order valence-electron chi connectivity index (χ2n) is 5.46. The number of para-hydroxylation sites is 1. The topological polar surface area (TPSA) is 58.5 Å². The standard InChI is InChI=1S/C18H26N4OS/c1-14-17(24-15(2)22-14)13-21-18(19-3)20-11-7-8-12-23-16-9-5-4-6-10-16/h4-6,9-10H,7-8,11-13H2,1-3H3,(H2,19,20,21). The van der Waals surface area contributed by atoms with Gasteiger partial charge in [0.1, 0.15) is 5.75 Å². The number of nitrogens with one attached hydrogen (secondary N) is 2. The summed E-state index contributed by atoms with van der Waals surface area (Å²) in [5.41, 5.74) is 1.10. The van der Waals surface area contributed by atoms with E-state index in [0.29, 0.717) is 0 Å². The summed E-state index contributed by atoms with van der Waals surface area (Å²) in [6.45, 7) is 6.44. The predicted octanol–water partition coefficient (Wildman–Crippen LogP) is 3.28. The van der Waals surface area contributed by atoms with Crippen molar-refractivity contribution in [2.24, 2.45) is 4.99 Å². The molecule has 0 radical (unpaired) electrons. The van der Waals surface area contributed by atoms with Crippen molar-refractivity contribution in [1.29, 1.82) is 0 Å². The second-order valence-corrected chi connectivity index (χ2v) is 6.75. The zero-order valence-corrected chi connectivity index (χ0v) is 15.4. The number of rotatable bonds is 8. The number of nitrogens with zero attached hydrogens (tertiary/aromatic N) is 2. The Balaban J connectivity index is 1.59. The molecule has 0 fully saturated rings. The highest BCUT2D eigenvalue weighted by atomic mass is 32.1. The lowest BCUT2D eigenvalue weighted by atomic mass is 10.3. The molecule has 24 heavy (non-hydrogen) atoms. The van der Waals surface area contributed by atoms with Crippen LogP contribution in [0.25, 0.3) is 0 Å². The number of aryl methyl sites for hydroxylation is 2. The number of ether oxygens (including phenoxy) is 1. The predicted molar refractivity (Wildman–Crippen MR) is 101 cm³/mol. The first-order valence-electron chi connectivity index (χ1n) is 8.24. The summed E-state index contributed by atoms with van der Waals surface area (Å²) in [5.74, 6) is 1.75. The molecule has 1 aromatic heterocycles. The van der Waals surface area contributed by atoms with Crippen molar-refractivity contribution < 1.29 is 4.74 Å². The molecule has 0 amide bonds. The molecule has 5 nitrogen and oxygen atoms in total. The van der Waals surface area contributed by atoms with Crippen LogP contribution < -0.4 is 15.4 Å². The molecule has 0 atom stereocenters. The minimum Gasteiger partial charge on any atom is -0.494 e. The zero-order chi connectivity index (χ0) is 17.2. The summed E-state index contributed by atoms with van der Waals surface area (Å²) in [5, 5.41) is 7.77. The summed E-state index contributed by atoms with van der Waals surface area (Å²) >= 11 is 1.73. The average Bonchev–Trinajstić information content (AvgIpc) is 2.92. The SMILES string of the molecule is CN=C(NCCCCOc1ccccc1)NCc1sc(C)nc1C. The van der Waals surface area contributed by atoms with Crippen LogP contribution >= 0.6 is 11.3 Å². The van der Waals surface area contributed by atoms with Crippen LogP contribution in [-0.4, -0.2) is 31.1 Å². The molecule has 6 heteroatoms. The van der Waals surface area contributed by atoms with Gasteiger partial charge in [-0.2, -0.15) is 0 Å². The molecule has 130 valence electrons. The van der Waals surface area contributed by atoms with E-state index in [-0.39, 0.29) is 0 Å². The van der Waals surface area contributed by atoms with Gasteiger partial charge in [0.05, 0.1) is 23.9 Å². The van der Waals surface area contributed by atoms with Crippen LogP contribution in [0, 0.1) is 13.8 Å². The van der Waals surface area contributed by atoms with E-state index in [1.807, 2.05) is 44.2 Å². The molecule has 0 saturated heterocycles. The van der Waals surface area contributed by atoms with Crippen molar-refractivity contribution in [2.75, 3.05) is 20.2 Å². The summed E-state index contributed by atoms with van der Waals surface area (Å²) in [6, 6.07) is 9.92. The maximum Gasteiger partial charge on any atom is 0.191 e. The molecular weight excluding hydrogens is 320 g/mol. The summed E-state index contributed by atoms with van der Waals surface area (Å²) < 4.78 is 5.68. The fourth-order valence-corrected chi connectivity index (χ4v) is 3.14. The zero-order valence-electron chi connectivity index (χ0n) is 14.6. The fraction of sp³-hybridized carbons (Fsp3) is 0.444. The minimum absolute atomic E-state index is 0.733. The first-order valence-corrected chi connectivity index (χ1v) is 9.06. The van der Waals surface area contributed by atoms with Crippen LogP contribution in [-0.2, 0) is 6.54 Å². The molecule has 0 aliphatic carbocycles. The Morgan fingerprint density at radius 2 is 1.96 bits per heavy atom. The van der Waals surface area contributed by atoms with Crippen molar-refractivity contribution >= 4 is 17.3 Å². The molecule has 0 saturated carbocycles. The largest absolute Gasteiger partial charge is 0.494 e. The van der Waals surface area contributed by atoms with E-state index in [2.05, 4.69) is 20.6 Å². The van der Waals surface area contributed by atoms with Gasteiger partial charge in [-0.25, -0.2) is 4.98 Å². The molecule has 1 heterocycles. The van der Waals surface area contributed by atoms with Crippen LogP contribution in [0.1, 0.15) is 28.4 Å². The smallest absolute Gasteiger partial charge is 0.191 e. The molecule has 0 aliphatic rings. The van der Waals surface area contributed by atoms with Crippen LogP contribution in [0.5, 0.6) is 5.75 Å². The van der Waals surface area contributed by atoms with Gasteiger partial charge in [0.15, 0.2) is 5.96 Å². The lowest BCUT2D eigenvalue weighted by molar-refractivity contribution is 0.307. The number of aliphatic imine (C=N–C) groups is 1. The number of guanidine groups is 1. The molecule has 0 aliphatic heterocycles. The lowest BCUT2D eigenvalue weighted by Gasteiger charge is -2.11. The van der Waals surface area contributed by atoms with E-state index >= 15 is 0 Å². The van der Waals surface area contributed by atoms with Gasteiger partial charge in [-0.3, -0.25) is 4.99 Å². The Hall–Kier alpha value is -2.08. The molecule has 1 aromatic carbocycles. The Labute approximate surface area is 148 Å². The van der Waals surface area contributed by atoms with E-state index in [0.717, 1.165) is 54.9 Å². The van der Waals surface area contributed by atoms with E-state index in [9.17, 15) is 0 Å². The third-order valence-electron chi connectivity index (χ3n) is 3.52. The van der Waals surface area contributed by atoms with E-state index < -0.39 is 0 Å². The molecule has 2 aromatic rings. The third kappa shape index (κ3) is 6.20. The van der Waals surface area contributed by atoms with Crippen molar-refractivity contribution in [3.63, 3.8) is 0 Å². The quantitative estimate of drug-likeness (QED) is 0.437. The Morgan fingerprint density at radius 1 is 1.17 bits per heavy atom. The molecular formula is C18H26N4OS. The van der Waals surface area contributed by atoms with Crippen LogP contribution in [0.3, 0.4) is 0 Å². The fourth-order valence-electron chi connectivity index (χ4n) is 2.26. The number of unbranched alkanes of at least 4 members (excludes halogenated alkanes) is 1. The summed E-state index contributed by atoms with van der Waals surface area (Å²) in [4.78, 5) is 9.95. The summed E-state index contributed by atoms with van der Waals surface area (Å²) in [6.07, 6.45) is 2.04. The highest BCUT2D eigenvalue weighted by molar-refractivity contribution is 7.11. The third-order valence-corrected chi connectivity index (χ3v) is 4.59. The second kappa shape index (κ2) is 9.93. The molecule has 0 unspecified atom stereocenters. The van der Waals surface area contributed by atoms with Crippen molar-refractivity contribution in [1.82, 2.24) is 15.6 Å². The molecule has 0 spiro atoms. The minimum atomic E-state index is 0.733. The normalized spacial score (nSPS) is 11.4. The summed E-state index contributed by atoms with van der Waals surface area (Å²) in [7, 11) is 1.79. The molecule has 2 rings (SSSR count). The highest BCUT2D eigenvalue weighted by Crippen LogP contribution is 2.16. The lowest BCUT2D eigenvalue weighted by Crippen LogP contribution is -2.37. The maximum atomic E-state index is 5.68. The Bertz CT molecular complexity index is 640. The van der Waals surface area contributed by atoms with Gasteiger partial charge in [-0.1, -0.05) is 18.2 Å². The maximum absolute atomic E-state index is 5.68. The van der Waals surface area contributed by atoms with Crippen LogP contribution in [0.4, 0.5) is 0 Å². The van der Waals surface area contributed by atoms with Crippen molar-refractivity contribution in [3.05, 3.63) is 45.9 Å². The number of hydrogen-bond acceptors (Lipinski definition) is 4. The number of hydrogen-bond donors (Lipinski definition) is 2. The van der Waals surface area contributed by atoms with Crippen molar-refractivity contribution in [2.45, 2.75) is 33.2 Å². The van der Waals surface area contributed by atoms with Gasteiger partial charge in [0.25, 0.3) is 0 Å². The van der Waals surface area contributed by atoms with Gasteiger partial charge in [-0.15, -0.1) is 11.3 Å². The first-order chi connectivity index (χ1) is 11.7. The van der Waals surface area contributed by atoms with Gasteiger partial charge in [0.2, 0.25) is 0 Å². The van der Waals surface area contributed by atoms with E-state index in [4.69, 9.17) is 4.74 Å². The Morgan fingerprint density at radius 3 is 2.62 bits per heavy atom. The Kier molecular flexibility index (Phi) is 7.55. The van der Waals surface area contributed by atoms with Gasteiger partial charge < -0.3 is 15.4 Å². The van der Waals surface area contributed by atoms with Crippen LogP contribution in [0.2, 0.25) is 0 Å². The molecule has 0 bridgehead atoms. The first kappa shape index (κ1) is 18.3. The highest BCUT2D eigenvalue weighted by Gasteiger charge is 2.05. The monoisotopic (exact) mass is 346 g/mol. The number of thiazole rings is 1. The van der Waals surface area contributed by atoms with Gasteiger partial charge in [-0.05, 0) is 38.8 Å². The average molecular weight is 347 g/mol. The van der Waals surface area contributed by atoms with Crippen LogP contribution in [0.15, 0.2) is 35.3 Å². The molecule has 2 N–H and O–H groups in total. The van der Waals surface area contributed by atoms with Crippen molar-refractivity contribution in [3.8, 4) is 5.75 Å². The van der Waals surface area contributed by atoms with Gasteiger partial charge >= 0.3 is 0 Å². The van der Waals surface area contributed by atoms with E-state index in [1.165, 1.54) is 4.88 Å².